The Morgan fingerprint density at radius 2 is 1.86 bits per heavy atom. The molecule has 3 rings (SSSR count). The first-order valence-corrected chi connectivity index (χ1v) is 9.09. The summed E-state index contributed by atoms with van der Waals surface area (Å²) in [4.78, 5) is 48.9. The van der Waals surface area contributed by atoms with Gasteiger partial charge in [0.1, 0.15) is 11.2 Å². The number of benzene rings is 1. The van der Waals surface area contributed by atoms with E-state index in [9.17, 15) is 19.2 Å². The van der Waals surface area contributed by atoms with E-state index in [0.717, 1.165) is 5.56 Å². The highest BCUT2D eigenvalue weighted by molar-refractivity contribution is 6.07. The van der Waals surface area contributed by atoms with Gasteiger partial charge in [0.05, 0.1) is 0 Å². The number of amides is 4. The smallest absolute Gasteiger partial charge is 0.355 e. The van der Waals surface area contributed by atoms with Crippen LogP contribution in [0.15, 0.2) is 48.7 Å². The first-order chi connectivity index (χ1) is 13.8. The van der Waals surface area contributed by atoms with Crippen LogP contribution < -0.4 is 10.7 Å². The van der Waals surface area contributed by atoms with E-state index in [-0.39, 0.29) is 5.69 Å². The van der Waals surface area contributed by atoms with Crippen LogP contribution in [0.4, 0.5) is 4.79 Å². The highest BCUT2D eigenvalue weighted by Crippen LogP contribution is 2.22. The number of imide groups is 1. The van der Waals surface area contributed by atoms with Gasteiger partial charge >= 0.3 is 12.0 Å². The normalized spacial score (nSPS) is 18.5. The minimum atomic E-state index is -1.14. The molecule has 1 aromatic heterocycles. The Kier molecular flexibility index (Phi) is 5.67. The monoisotopic (exact) mass is 398 g/mol. The molecule has 4 amide bonds. The second-order valence-corrected chi connectivity index (χ2v) is 7.00. The lowest BCUT2D eigenvalue weighted by molar-refractivity contribution is -0.140. The van der Waals surface area contributed by atoms with E-state index < -0.39 is 36.0 Å². The number of urea groups is 1. The van der Waals surface area contributed by atoms with Gasteiger partial charge < -0.3 is 14.6 Å². The number of rotatable bonds is 7. The minimum Gasteiger partial charge on any atom is -0.451 e. The van der Waals surface area contributed by atoms with Crippen LogP contribution in [0.5, 0.6) is 0 Å². The Morgan fingerprint density at radius 3 is 2.52 bits per heavy atom. The van der Waals surface area contributed by atoms with Gasteiger partial charge in [-0.05, 0) is 37.5 Å². The van der Waals surface area contributed by atoms with Crippen LogP contribution in [-0.2, 0) is 27.8 Å². The van der Waals surface area contributed by atoms with Gasteiger partial charge in [-0.15, -0.1) is 0 Å². The van der Waals surface area contributed by atoms with E-state index >= 15 is 0 Å². The number of nitrogens with one attached hydrogen (secondary N) is 2. The van der Waals surface area contributed by atoms with Gasteiger partial charge in [0.2, 0.25) is 0 Å². The van der Waals surface area contributed by atoms with Crippen molar-refractivity contribution < 1.29 is 23.9 Å². The molecule has 1 aromatic carbocycles. The number of ether oxygens (including phenoxy) is 1. The van der Waals surface area contributed by atoms with Gasteiger partial charge in [0, 0.05) is 13.2 Å². The number of carbonyl (C=O) groups excluding carboxylic acids is 4. The molecule has 2 heterocycles. The Morgan fingerprint density at radius 1 is 1.14 bits per heavy atom. The summed E-state index contributed by atoms with van der Waals surface area (Å²) in [6.45, 7) is 0.986. The highest BCUT2D eigenvalue weighted by atomic mass is 16.5. The standard InChI is InChI=1S/C20H22N4O5/c1-20(11-10-14-7-4-3-5-8-14)18(27)24(19(28)21-20)22-16(25)13-29-17(26)15-9-6-12-23(15)2/h3-9,12H,10-11,13H2,1-2H3,(H,21,28)(H,22,25)/t20-/m0/s1. The van der Waals surface area contributed by atoms with Crippen molar-refractivity contribution in [2.75, 3.05) is 6.61 Å². The first kappa shape index (κ1) is 20.1. The average Bonchev–Trinajstić information content (AvgIpc) is 3.22. The Balaban J connectivity index is 1.54. The maximum Gasteiger partial charge on any atom is 0.355 e. The Labute approximate surface area is 167 Å². The fraction of sp³-hybridized carbons (Fsp3) is 0.300. The molecule has 1 fully saturated rings. The van der Waals surface area contributed by atoms with Crippen molar-refractivity contribution in [1.82, 2.24) is 20.3 Å². The van der Waals surface area contributed by atoms with Crippen molar-refractivity contribution in [1.29, 1.82) is 0 Å². The third-order valence-corrected chi connectivity index (χ3v) is 4.74. The predicted octanol–water partition coefficient (Wildman–Crippen LogP) is 1.16. The van der Waals surface area contributed by atoms with Crippen molar-refractivity contribution in [2.24, 2.45) is 7.05 Å². The van der Waals surface area contributed by atoms with E-state index in [1.807, 2.05) is 30.3 Å². The fourth-order valence-corrected chi connectivity index (χ4v) is 3.03. The van der Waals surface area contributed by atoms with Crippen LogP contribution in [0.1, 0.15) is 29.4 Å². The lowest BCUT2D eigenvalue weighted by Crippen LogP contribution is -2.50. The van der Waals surface area contributed by atoms with Crippen molar-refractivity contribution >= 4 is 23.8 Å². The molecular weight excluding hydrogens is 376 g/mol. The highest BCUT2D eigenvalue weighted by Gasteiger charge is 2.48. The minimum absolute atomic E-state index is 0.279. The molecular formula is C20H22N4O5. The zero-order valence-corrected chi connectivity index (χ0v) is 16.2. The van der Waals surface area contributed by atoms with Gasteiger partial charge in [0.15, 0.2) is 6.61 Å². The third kappa shape index (κ3) is 4.45. The van der Waals surface area contributed by atoms with Gasteiger partial charge in [-0.1, -0.05) is 30.3 Å². The molecule has 9 nitrogen and oxygen atoms in total. The molecule has 9 heteroatoms. The topological polar surface area (TPSA) is 110 Å². The summed E-state index contributed by atoms with van der Waals surface area (Å²) in [5.41, 5.74) is 2.37. The maximum absolute atomic E-state index is 12.7. The van der Waals surface area contributed by atoms with Gasteiger partial charge in [-0.25, -0.2) is 9.59 Å². The average molecular weight is 398 g/mol. The third-order valence-electron chi connectivity index (χ3n) is 4.74. The van der Waals surface area contributed by atoms with E-state index in [4.69, 9.17) is 4.74 Å². The lowest BCUT2D eigenvalue weighted by atomic mass is 9.93. The quantitative estimate of drug-likeness (QED) is 0.537. The summed E-state index contributed by atoms with van der Waals surface area (Å²) in [7, 11) is 1.67. The number of nitrogens with zero attached hydrogens (tertiary/aromatic N) is 2. The van der Waals surface area contributed by atoms with Gasteiger partial charge in [-0.3, -0.25) is 15.0 Å². The molecule has 1 aliphatic heterocycles. The fourth-order valence-electron chi connectivity index (χ4n) is 3.03. The number of carbonyl (C=O) groups is 4. The van der Waals surface area contributed by atoms with Crippen LogP contribution >= 0.6 is 0 Å². The molecule has 0 saturated carbocycles. The summed E-state index contributed by atoms with van der Waals surface area (Å²) in [5.74, 6) is -2.04. The number of aromatic nitrogens is 1. The zero-order valence-electron chi connectivity index (χ0n) is 16.2. The second kappa shape index (κ2) is 8.17. The number of aryl methyl sites for hydroxylation is 2. The molecule has 2 N–H and O–H groups in total. The van der Waals surface area contributed by atoms with Crippen molar-refractivity contribution in [3.8, 4) is 0 Å². The number of hydrazine groups is 1. The summed E-state index contributed by atoms with van der Waals surface area (Å²) >= 11 is 0. The lowest BCUT2D eigenvalue weighted by Gasteiger charge is -2.21. The van der Waals surface area contributed by atoms with Crippen LogP contribution in [0.2, 0.25) is 0 Å². The van der Waals surface area contributed by atoms with Crippen LogP contribution in [0.25, 0.3) is 0 Å². The molecule has 0 aliphatic carbocycles. The molecule has 152 valence electrons. The SMILES string of the molecule is Cn1cccc1C(=O)OCC(=O)NN1C(=O)N[C@@](C)(CCc2ccccc2)C1=O. The number of esters is 1. The van der Waals surface area contributed by atoms with Crippen LogP contribution in [0.3, 0.4) is 0 Å². The van der Waals surface area contributed by atoms with Crippen molar-refractivity contribution in [3.63, 3.8) is 0 Å². The van der Waals surface area contributed by atoms with Crippen molar-refractivity contribution in [3.05, 3.63) is 59.9 Å². The van der Waals surface area contributed by atoms with Crippen LogP contribution in [-0.4, -0.2) is 45.5 Å². The summed E-state index contributed by atoms with van der Waals surface area (Å²) in [6.07, 6.45) is 2.62. The summed E-state index contributed by atoms with van der Waals surface area (Å²) in [6, 6.07) is 12.1. The van der Waals surface area contributed by atoms with Crippen molar-refractivity contribution in [2.45, 2.75) is 25.3 Å². The molecule has 0 radical (unpaired) electrons. The zero-order chi connectivity index (χ0) is 21.0. The summed E-state index contributed by atoms with van der Waals surface area (Å²) in [5, 5.41) is 3.24. The molecule has 2 aromatic rings. The number of hydrogen-bond donors (Lipinski definition) is 2. The second-order valence-electron chi connectivity index (χ2n) is 7.00. The summed E-state index contributed by atoms with van der Waals surface area (Å²) < 4.78 is 6.48. The van der Waals surface area contributed by atoms with Gasteiger partial charge in [-0.2, -0.15) is 5.01 Å². The molecule has 1 atom stereocenters. The van der Waals surface area contributed by atoms with E-state index in [1.165, 1.54) is 0 Å². The molecule has 0 bridgehead atoms. The van der Waals surface area contributed by atoms with Gasteiger partial charge in [0.25, 0.3) is 11.8 Å². The molecule has 0 spiro atoms. The predicted molar refractivity (Wildman–Crippen MR) is 102 cm³/mol. The molecule has 1 saturated heterocycles. The van der Waals surface area contributed by atoms with E-state index in [0.29, 0.717) is 17.9 Å². The number of hydrogen-bond acceptors (Lipinski definition) is 5. The van der Waals surface area contributed by atoms with E-state index in [2.05, 4.69) is 10.7 Å². The molecule has 29 heavy (non-hydrogen) atoms. The largest absolute Gasteiger partial charge is 0.451 e. The molecule has 0 unspecified atom stereocenters. The molecule has 1 aliphatic rings. The maximum atomic E-state index is 12.7. The Bertz CT molecular complexity index is 939. The Hall–Kier alpha value is -3.62. The van der Waals surface area contributed by atoms with E-state index in [1.54, 1.807) is 36.9 Å². The van der Waals surface area contributed by atoms with Crippen LogP contribution in [0, 0.1) is 0 Å². The first-order valence-electron chi connectivity index (χ1n) is 9.09.